The topological polar surface area (TPSA) is 81.9 Å². The molecular weight excluding hydrogens is 390 g/mol. The number of nitriles is 1. The van der Waals surface area contributed by atoms with Gasteiger partial charge in [-0.15, -0.1) is 10.2 Å². The van der Waals surface area contributed by atoms with Crippen LogP contribution in [0.1, 0.15) is 13.3 Å². The van der Waals surface area contributed by atoms with Gasteiger partial charge in [0, 0.05) is 17.9 Å². The van der Waals surface area contributed by atoms with Crippen molar-refractivity contribution >= 4 is 45.5 Å². The SMILES string of the molecule is C[C@H](Sc1nnc(Nc2ccccc2)s1)C(=O)N(CCC#N)c1ccccc1. The molecule has 0 radical (unpaired) electrons. The fourth-order valence-corrected chi connectivity index (χ4v) is 4.49. The summed E-state index contributed by atoms with van der Waals surface area (Å²) in [6.07, 6.45) is 0.280. The number of nitrogens with one attached hydrogen (secondary N) is 1. The van der Waals surface area contributed by atoms with Gasteiger partial charge in [-0.2, -0.15) is 5.26 Å². The number of nitrogens with zero attached hydrogens (tertiary/aromatic N) is 4. The number of anilines is 3. The normalized spacial score (nSPS) is 11.4. The first-order valence-electron chi connectivity index (χ1n) is 8.73. The molecule has 0 saturated carbocycles. The molecule has 0 bridgehead atoms. The summed E-state index contributed by atoms with van der Waals surface area (Å²) >= 11 is 2.78. The van der Waals surface area contributed by atoms with Crippen LogP contribution >= 0.6 is 23.1 Å². The van der Waals surface area contributed by atoms with Crippen molar-refractivity contribution in [2.24, 2.45) is 0 Å². The van der Waals surface area contributed by atoms with E-state index in [0.717, 1.165) is 11.4 Å². The van der Waals surface area contributed by atoms with E-state index >= 15 is 0 Å². The van der Waals surface area contributed by atoms with E-state index in [0.29, 0.717) is 16.0 Å². The Morgan fingerprint density at radius 3 is 2.54 bits per heavy atom. The number of hydrogen-bond donors (Lipinski definition) is 1. The van der Waals surface area contributed by atoms with E-state index in [4.69, 9.17) is 5.26 Å². The van der Waals surface area contributed by atoms with Crippen LogP contribution < -0.4 is 10.2 Å². The lowest BCUT2D eigenvalue weighted by molar-refractivity contribution is -0.117. The van der Waals surface area contributed by atoms with Crippen molar-refractivity contribution in [2.75, 3.05) is 16.8 Å². The molecule has 2 aromatic carbocycles. The fraction of sp³-hybridized carbons (Fsp3) is 0.200. The summed E-state index contributed by atoms with van der Waals surface area (Å²) in [6.45, 7) is 2.21. The minimum atomic E-state index is -0.351. The van der Waals surface area contributed by atoms with Crippen LogP contribution in [0.15, 0.2) is 65.0 Å². The molecule has 0 spiro atoms. The molecule has 1 N–H and O–H groups in total. The molecule has 1 aromatic heterocycles. The molecule has 0 aliphatic rings. The molecule has 0 saturated heterocycles. The number of amides is 1. The van der Waals surface area contributed by atoms with Gasteiger partial charge in [-0.3, -0.25) is 4.79 Å². The second-order valence-corrected chi connectivity index (χ2v) is 8.42. The predicted molar refractivity (Wildman–Crippen MR) is 114 cm³/mol. The Balaban J connectivity index is 1.66. The van der Waals surface area contributed by atoms with Gasteiger partial charge in [-0.25, -0.2) is 0 Å². The zero-order chi connectivity index (χ0) is 19.8. The Bertz CT molecular complexity index is 940. The van der Waals surface area contributed by atoms with Gasteiger partial charge in [0.25, 0.3) is 0 Å². The number of benzene rings is 2. The van der Waals surface area contributed by atoms with Crippen molar-refractivity contribution in [3.05, 3.63) is 60.7 Å². The highest BCUT2D eigenvalue weighted by Gasteiger charge is 2.24. The third-order valence-electron chi connectivity index (χ3n) is 3.84. The molecule has 0 unspecified atom stereocenters. The monoisotopic (exact) mass is 409 g/mol. The van der Waals surface area contributed by atoms with Crippen molar-refractivity contribution < 1.29 is 4.79 Å². The Morgan fingerprint density at radius 1 is 1.18 bits per heavy atom. The molecule has 0 fully saturated rings. The number of thioether (sulfide) groups is 1. The van der Waals surface area contributed by atoms with Crippen LogP contribution in [0.4, 0.5) is 16.5 Å². The fourth-order valence-electron chi connectivity index (χ4n) is 2.51. The molecular formula is C20H19N5OS2. The molecule has 1 amide bonds. The Morgan fingerprint density at radius 2 is 1.86 bits per heavy atom. The standard InChI is InChI=1S/C20H19N5OS2/c1-15(18(26)25(14-8-13-21)17-11-6-3-7-12-17)27-20-24-23-19(28-20)22-16-9-4-2-5-10-16/h2-7,9-12,15H,8,14H2,1H3,(H,22,23)/t15-/m0/s1. The van der Waals surface area contributed by atoms with E-state index in [9.17, 15) is 4.79 Å². The highest BCUT2D eigenvalue weighted by Crippen LogP contribution is 2.31. The first-order valence-corrected chi connectivity index (χ1v) is 10.4. The molecule has 3 rings (SSSR count). The molecule has 0 aliphatic heterocycles. The van der Waals surface area contributed by atoms with Crippen LogP contribution in [0.5, 0.6) is 0 Å². The zero-order valence-corrected chi connectivity index (χ0v) is 16.9. The van der Waals surface area contributed by atoms with Gasteiger partial charge >= 0.3 is 0 Å². The smallest absolute Gasteiger partial charge is 0.240 e. The molecule has 1 atom stereocenters. The van der Waals surface area contributed by atoms with E-state index in [1.165, 1.54) is 23.1 Å². The summed E-state index contributed by atoms with van der Waals surface area (Å²) in [5, 5.41) is 20.8. The second kappa shape index (κ2) is 9.88. The average molecular weight is 410 g/mol. The third kappa shape index (κ3) is 5.31. The lowest BCUT2D eigenvalue weighted by Crippen LogP contribution is -2.37. The lowest BCUT2D eigenvalue weighted by atomic mass is 10.2. The second-order valence-electron chi connectivity index (χ2n) is 5.86. The quantitative estimate of drug-likeness (QED) is 0.543. The van der Waals surface area contributed by atoms with Gasteiger partial charge < -0.3 is 10.2 Å². The highest BCUT2D eigenvalue weighted by molar-refractivity contribution is 8.02. The average Bonchev–Trinajstić information content (AvgIpc) is 3.16. The largest absolute Gasteiger partial charge is 0.330 e. The van der Waals surface area contributed by atoms with Crippen LogP contribution in [-0.2, 0) is 4.79 Å². The van der Waals surface area contributed by atoms with Gasteiger partial charge in [0.15, 0.2) is 4.34 Å². The van der Waals surface area contributed by atoms with Gasteiger partial charge in [0.1, 0.15) is 0 Å². The maximum Gasteiger partial charge on any atom is 0.240 e. The molecule has 28 heavy (non-hydrogen) atoms. The third-order valence-corrected chi connectivity index (χ3v) is 5.85. The van der Waals surface area contributed by atoms with Crippen molar-refractivity contribution in [3.8, 4) is 6.07 Å². The highest BCUT2D eigenvalue weighted by atomic mass is 32.2. The Hall–Kier alpha value is -2.89. The van der Waals surface area contributed by atoms with E-state index in [-0.39, 0.29) is 17.6 Å². The first kappa shape index (κ1) is 19.9. The maximum atomic E-state index is 13.0. The number of hydrogen-bond acceptors (Lipinski definition) is 7. The van der Waals surface area contributed by atoms with Gasteiger partial charge in [0.05, 0.1) is 17.7 Å². The summed E-state index contributed by atoms with van der Waals surface area (Å²) in [4.78, 5) is 14.6. The van der Waals surface area contributed by atoms with E-state index < -0.39 is 0 Å². The van der Waals surface area contributed by atoms with E-state index in [2.05, 4.69) is 21.6 Å². The van der Waals surface area contributed by atoms with Crippen LogP contribution in [0.25, 0.3) is 0 Å². The van der Waals surface area contributed by atoms with Crippen LogP contribution in [0.3, 0.4) is 0 Å². The van der Waals surface area contributed by atoms with Crippen LogP contribution in [0, 0.1) is 11.3 Å². The molecule has 6 nitrogen and oxygen atoms in total. The summed E-state index contributed by atoms with van der Waals surface area (Å²) in [5.74, 6) is -0.0563. The Kier molecular flexibility index (Phi) is 7.00. The summed E-state index contributed by atoms with van der Waals surface area (Å²) < 4.78 is 0.715. The van der Waals surface area contributed by atoms with E-state index in [1.54, 1.807) is 4.90 Å². The summed E-state index contributed by atoms with van der Waals surface area (Å²) in [6, 6.07) is 21.3. The minimum absolute atomic E-state index is 0.0563. The summed E-state index contributed by atoms with van der Waals surface area (Å²) in [7, 11) is 0. The van der Waals surface area contributed by atoms with Crippen molar-refractivity contribution in [1.29, 1.82) is 5.26 Å². The molecule has 1 heterocycles. The first-order chi connectivity index (χ1) is 13.7. The lowest BCUT2D eigenvalue weighted by Gasteiger charge is -2.24. The maximum absolute atomic E-state index is 13.0. The van der Waals surface area contributed by atoms with Gasteiger partial charge in [-0.05, 0) is 31.2 Å². The number of para-hydroxylation sites is 2. The molecule has 8 heteroatoms. The molecule has 0 aliphatic carbocycles. The van der Waals surface area contributed by atoms with Gasteiger partial charge in [-0.1, -0.05) is 59.5 Å². The number of rotatable bonds is 8. The van der Waals surface area contributed by atoms with E-state index in [1.807, 2.05) is 67.6 Å². The van der Waals surface area contributed by atoms with Crippen molar-refractivity contribution in [2.45, 2.75) is 22.9 Å². The number of aromatic nitrogens is 2. The van der Waals surface area contributed by atoms with Crippen LogP contribution in [-0.4, -0.2) is 27.9 Å². The van der Waals surface area contributed by atoms with Crippen LogP contribution in [0.2, 0.25) is 0 Å². The van der Waals surface area contributed by atoms with Crippen molar-refractivity contribution in [1.82, 2.24) is 10.2 Å². The zero-order valence-electron chi connectivity index (χ0n) is 15.3. The minimum Gasteiger partial charge on any atom is -0.330 e. The summed E-state index contributed by atoms with van der Waals surface area (Å²) in [5.41, 5.74) is 1.73. The molecule has 142 valence electrons. The van der Waals surface area contributed by atoms with Crippen molar-refractivity contribution in [3.63, 3.8) is 0 Å². The molecule has 3 aromatic rings. The number of carbonyl (C=O) groups excluding carboxylic acids is 1. The predicted octanol–water partition coefficient (Wildman–Crippen LogP) is 4.71. The number of carbonyl (C=O) groups is 1. The Labute approximate surface area is 172 Å². The van der Waals surface area contributed by atoms with Gasteiger partial charge in [0.2, 0.25) is 11.0 Å².